The van der Waals surface area contributed by atoms with E-state index in [9.17, 15) is 24.0 Å². The predicted octanol–water partition coefficient (Wildman–Crippen LogP) is 3.32. The number of nitrogens with one attached hydrogen (secondary N) is 3. The average molecular weight is 605 g/mol. The normalized spacial score (nSPS) is 18.3. The lowest BCUT2D eigenvalue weighted by Gasteiger charge is -2.29. The van der Waals surface area contributed by atoms with Crippen molar-refractivity contribution in [3.63, 3.8) is 0 Å². The maximum atomic E-state index is 13.7. The maximum absolute atomic E-state index is 13.7. The van der Waals surface area contributed by atoms with Crippen molar-refractivity contribution in [2.24, 2.45) is 5.92 Å². The van der Waals surface area contributed by atoms with E-state index in [1.807, 2.05) is 44.2 Å². The lowest BCUT2D eigenvalue weighted by Crippen LogP contribution is -2.56. The van der Waals surface area contributed by atoms with Crippen LogP contribution in [0.25, 0.3) is 0 Å². The van der Waals surface area contributed by atoms with Crippen LogP contribution in [0.3, 0.4) is 0 Å². The van der Waals surface area contributed by atoms with Crippen LogP contribution in [0.15, 0.2) is 30.3 Å². The molecule has 0 radical (unpaired) electrons. The standard InChI is InChI=1S/C31H48N4O8/c1-19(2)15-22(25(36)34-23(27(38)41-9)16-20-13-11-10-12-14-20)33-26(37)24-17-21(32-28(39)42-30(3,4)5)18-35(24)29(40)43-31(6,7)8/h10-14,19,21-24H,15-18H2,1-9H3,(H,32,39)(H,33,37)(H,34,36)/t21-,22-,23-,24-/m0/s1. The molecule has 12 heteroatoms. The molecule has 0 aromatic heterocycles. The Kier molecular flexibility index (Phi) is 12.4. The molecular weight excluding hydrogens is 556 g/mol. The van der Waals surface area contributed by atoms with Crippen molar-refractivity contribution in [3.8, 4) is 0 Å². The van der Waals surface area contributed by atoms with Gasteiger partial charge in [0, 0.05) is 13.0 Å². The molecule has 0 bridgehead atoms. The van der Waals surface area contributed by atoms with Crippen LogP contribution in [0.4, 0.5) is 9.59 Å². The molecule has 12 nitrogen and oxygen atoms in total. The SMILES string of the molecule is COC(=O)[C@H](Cc1ccccc1)NC(=O)[C@H](CC(C)C)NC(=O)[C@@H]1C[C@H](NC(=O)OC(C)(C)C)CN1C(=O)OC(C)(C)C. The van der Waals surface area contributed by atoms with Crippen molar-refractivity contribution in [1.82, 2.24) is 20.9 Å². The van der Waals surface area contributed by atoms with Crippen molar-refractivity contribution in [2.75, 3.05) is 13.7 Å². The van der Waals surface area contributed by atoms with E-state index in [1.165, 1.54) is 12.0 Å². The van der Waals surface area contributed by atoms with Gasteiger partial charge in [-0.05, 0) is 65.9 Å². The Morgan fingerprint density at radius 3 is 2.05 bits per heavy atom. The minimum absolute atomic E-state index is 0.00821. The molecule has 0 unspecified atom stereocenters. The van der Waals surface area contributed by atoms with Gasteiger partial charge in [-0.2, -0.15) is 0 Å². The summed E-state index contributed by atoms with van der Waals surface area (Å²) in [6.07, 6.45) is -0.838. The van der Waals surface area contributed by atoms with E-state index < -0.39 is 65.3 Å². The Hall–Kier alpha value is -3.83. The first-order valence-electron chi connectivity index (χ1n) is 14.6. The second kappa shape index (κ2) is 15.1. The number of nitrogens with zero attached hydrogens (tertiary/aromatic N) is 1. The Morgan fingerprint density at radius 1 is 0.907 bits per heavy atom. The van der Waals surface area contributed by atoms with Gasteiger partial charge < -0.3 is 30.2 Å². The first-order chi connectivity index (χ1) is 19.9. The molecule has 0 saturated carbocycles. The molecule has 1 aromatic rings. The fraction of sp³-hybridized carbons (Fsp3) is 0.645. The summed E-state index contributed by atoms with van der Waals surface area (Å²) >= 11 is 0. The molecule has 4 amide bonds. The first kappa shape index (κ1) is 35.4. The Labute approximate surface area is 254 Å². The minimum atomic E-state index is -1.03. The molecule has 43 heavy (non-hydrogen) atoms. The van der Waals surface area contributed by atoms with Gasteiger partial charge >= 0.3 is 18.2 Å². The fourth-order valence-corrected chi connectivity index (χ4v) is 4.61. The maximum Gasteiger partial charge on any atom is 0.411 e. The van der Waals surface area contributed by atoms with Crippen molar-refractivity contribution in [3.05, 3.63) is 35.9 Å². The van der Waals surface area contributed by atoms with Gasteiger partial charge in [-0.1, -0.05) is 44.2 Å². The quantitative estimate of drug-likeness (QED) is 0.272. The van der Waals surface area contributed by atoms with Crippen LogP contribution < -0.4 is 16.0 Å². The van der Waals surface area contributed by atoms with Crippen molar-refractivity contribution >= 4 is 30.0 Å². The fourth-order valence-electron chi connectivity index (χ4n) is 4.61. The van der Waals surface area contributed by atoms with Gasteiger partial charge in [-0.25, -0.2) is 14.4 Å². The summed E-state index contributed by atoms with van der Waals surface area (Å²) in [5.41, 5.74) is -0.731. The summed E-state index contributed by atoms with van der Waals surface area (Å²) in [7, 11) is 1.24. The third-order valence-electron chi connectivity index (χ3n) is 6.38. The van der Waals surface area contributed by atoms with Gasteiger partial charge in [-0.3, -0.25) is 14.5 Å². The summed E-state index contributed by atoms with van der Waals surface area (Å²) in [4.78, 5) is 66.5. The number of ether oxygens (including phenoxy) is 3. The van der Waals surface area contributed by atoms with Gasteiger partial charge in [0.1, 0.15) is 29.3 Å². The largest absolute Gasteiger partial charge is 0.467 e. The number of hydrogen-bond donors (Lipinski definition) is 3. The van der Waals surface area contributed by atoms with Gasteiger partial charge in [0.2, 0.25) is 11.8 Å². The molecule has 0 aliphatic carbocycles. The van der Waals surface area contributed by atoms with Gasteiger partial charge in [0.05, 0.1) is 13.2 Å². The molecule has 1 heterocycles. The third kappa shape index (κ3) is 12.1. The summed E-state index contributed by atoms with van der Waals surface area (Å²) in [6.45, 7) is 14.1. The van der Waals surface area contributed by atoms with Gasteiger partial charge in [-0.15, -0.1) is 0 Å². The smallest absolute Gasteiger partial charge is 0.411 e. The van der Waals surface area contributed by atoms with Crippen LogP contribution in [0.2, 0.25) is 0 Å². The van der Waals surface area contributed by atoms with Crippen LogP contribution >= 0.6 is 0 Å². The summed E-state index contributed by atoms with van der Waals surface area (Å²) in [5, 5.41) is 8.23. The first-order valence-corrected chi connectivity index (χ1v) is 14.6. The third-order valence-corrected chi connectivity index (χ3v) is 6.38. The molecule has 1 saturated heterocycles. The van der Waals surface area contributed by atoms with Crippen molar-refractivity contribution in [2.45, 2.75) is 110 Å². The molecule has 4 atom stereocenters. The number of carbonyl (C=O) groups is 5. The Bertz CT molecular complexity index is 1130. The molecule has 0 spiro atoms. The molecule has 3 N–H and O–H groups in total. The highest BCUT2D eigenvalue weighted by molar-refractivity contribution is 5.93. The van der Waals surface area contributed by atoms with Gasteiger partial charge in [0.15, 0.2) is 0 Å². The van der Waals surface area contributed by atoms with E-state index in [-0.39, 0.29) is 31.7 Å². The zero-order valence-corrected chi connectivity index (χ0v) is 26.8. The molecule has 1 aliphatic rings. The zero-order chi connectivity index (χ0) is 32.5. The number of carbonyl (C=O) groups excluding carboxylic acids is 5. The number of benzene rings is 1. The number of likely N-dealkylation sites (tertiary alicyclic amines) is 1. The van der Waals surface area contributed by atoms with Crippen LogP contribution in [-0.2, 0) is 35.0 Å². The van der Waals surface area contributed by atoms with Crippen LogP contribution in [0, 0.1) is 5.92 Å². The Balaban J connectivity index is 2.25. The van der Waals surface area contributed by atoms with E-state index >= 15 is 0 Å². The zero-order valence-electron chi connectivity index (χ0n) is 26.8. The lowest BCUT2D eigenvalue weighted by atomic mass is 10.0. The second-order valence-corrected chi connectivity index (χ2v) is 13.2. The van der Waals surface area contributed by atoms with Gasteiger partial charge in [0.25, 0.3) is 0 Å². The number of hydrogen-bond acceptors (Lipinski definition) is 8. The summed E-state index contributed by atoms with van der Waals surface area (Å²) < 4.78 is 15.8. The van der Waals surface area contributed by atoms with Crippen molar-refractivity contribution < 1.29 is 38.2 Å². The van der Waals surface area contributed by atoms with E-state index in [0.717, 1.165) is 5.56 Å². The number of amides is 4. The highest BCUT2D eigenvalue weighted by Crippen LogP contribution is 2.23. The second-order valence-electron chi connectivity index (χ2n) is 13.2. The van der Waals surface area contributed by atoms with E-state index in [2.05, 4.69) is 16.0 Å². The molecular formula is C31H48N4O8. The summed E-state index contributed by atoms with van der Waals surface area (Å²) in [5.74, 6) is -1.75. The van der Waals surface area contributed by atoms with E-state index in [4.69, 9.17) is 14.2 Å². The highest BCUT2D eigenvalue weighted by atomic mass is 16.6. The number of methoxy groups -OCH3 is 1. The molecule has 1 aromatic carbocycles. The highest BCUT2D eigenvalue weighted by Gasteiger charge is 2.43. The average Bonchev–Trinajstić information content (AvgIpc) is 3.29. The molecule has 1 fully saturated rings. The van der Waals surface area contributed by atoms with Crippen molar-refractivity contribution in [1.29, 1.82) is 0 Å². The van der Waals surface area contributed by atoms with Crippen LogP contribution in [0.5, 0.6) is 0 Å². The number of alkyl carbamates (subject to hydrolysis) is 1. The molecule has 2 rings (SSSR count). The van der Waals surface area contributed by atoms with E-state index in [0.29, 0.717) is 0 Å². The van der Waals surface area contributed by atoms with Crippen LogP contribution in [-0.4, -0.2) is 83.9 Å². The minimum Gasteiger partial charge on any atom is -0.467 e. The van der Waals surface area contributed by atoms with Crippen LogP contribution in [0.1, 0.15) is 73.8 Å². The topological polar surface area (TPSA) is 152 Å². The number of rotatable bonds is 10. The number of esters is 1. The monoisotopic (exact) mass is 604 g/mol. The van der Waals surface area contributed by atoms with E-state index in [1.54, 1.807) is 41.5 Å². The Morgan fingerprint density at radius 2 is 1.51 bits per heavy atom. The lowest BCUT2D eigenvalue weighted by molar-refractivity contribution is -0.145. The molecule has 1 aliphatic heterocycles. The predicted molar refractivity (Wildman–Crippen MR) is 160 cm³/mol. The summed E-state index contributed by atoms with van der Waals surface area (Å²) in [6, 6.07) is 5.58. The molecule has 240 valence electrons.